The van der Waals surface area contributed by atoms with E-state index in [1.807, 2.05) is 23.6 Å². The molecule has 1 aromatic carbocycles. The number of nitrogens with one attached hydrogen (secondary N) is 3. The lowest BCUT2D eigenvalue weighted by atomic mass is 10.2. The predicted molar refractivity (Wildman–Crippen MR) is 92.9 cm³/mol. The minimum Gasteiger partial charge on any atom is -0.350 e. The van der Waals surface area contributed by atoms with E-state index in [1.54, 1.807) is 29.7 Å². The number of rotatable bonds is 7. The lowest BCUT2D eigenvalue weighted by Gasteiger charge is -2.16. The van der Waals surface area contributed by atoms with Crippen LogP contribution in [0, 0.1) is 5.92 Å². The summed E-state index contributed by atoms with van der Waals surface area (Å²) in [6, 6.07) is 8.77. The Bertz CT molecular complexity index is 671. The molecule has 1 aromatic heterocycles. The zero-order chi connectivity index (χ0) is 16.8. The number of hydrogen-bond acceptors (Lipinski definition) is 4. The van der Waals surface area contributed by atoms with Gasteiger partial charge in [0.15, 0.2) is 0 Å². The van der Waals surface area contributed by atoms with Gasteiger partial charge in [-0.15, -0.1) is 11.3 Å². The molecule has 3 N–H and O–H groups in total. The van der Waals surface area contributed by atoms with E-state index in [0.717, 1.165) is 17.8 Å². The normalized spacial score (nSPS) is 14.7. The van der Waals surface area contributed by atoms with Gasteiger partial charge in [0.05, 0.1) is 6.04 Å². The van der Waals surface area contributed by atoms with Gasteiger partial charge in [-0.2, -0.15) is 0 Å². The monoisotopic (exact) mass is 344 g/mol. The van der Waals surface area contributed by atoms with Crippen LogP contribution in [-0.2, 0) is 0 Å². The van der Waals surface area contributed by atoms with Crippen molar-refractivity contribution < 1.29 is 9.59 Å². The van der Waals surface area contributed by atoms with Crippen LogP contribution in [0.15, 0.2) is 41.9 Å². The number of carbonyl (C=O) groups excluding carboxylic acids is 2. The van der Waals surface area contributed by atoms with Crippen molar-refractivity contribution in [2.24, 2.45) is 5.92 Å². The Morgan fingerprint density at radius 1 is 1.17 bits per heavy atom. The first-order chi connectivity index (χ1) is 11.7. The van der Waals surface area contributed by atoms with Crippen LogP contribution in [0.3, 0.4) is 0 Å². The number of benzene rings is 1. The molecule has 2 aromatic rings. The lowest BCUT2D eigenvalue weighted by Crippen LogP contribution is -2.42. The SMILES string of the molecule is O=C(NCCNC(=O)c1ccccc1)NC(c1nccs1)C1CC1. The van der Waals surface area contributed by atoms with E-state index in [0.29, 0.717) is 24.6 Å². The number of aromatic nitrogens is 1. The summed E-state index contributed by atoms with van der Waals surface area (Å²) in [5.41, 5.74) is 0.611. The molecule has 1 unspecified atom stereocenters. The molecule has 0 radical (unpaired) electrons. The van der Waals surface area contributed by atoms with Crippen molar-refractivity contribution in [1.29, 1.82) is 0 Å². The van der Waals surface area contributed by atoms with Crippen LogP contribution in [0.25, 0.3) is 0 Å². The molecule has 24 heavy (non-hydrogen) atoms. The molecule has 1 fully saturated rings. The second kappa shape index (κ2) is 7.92. The van der Waals surface area contributed by atoms with Crippen molar-refractivity contribution in [3.05, 3.63) is 52.5 Å². The van der Waals surface area contributed by atoms with Gasteiger partial charge in [-0.05, 0) is 30.9 Å². The zero-order valence-electron chi connectivity index (χ0n) is 13.2. The molecule has 7 heteroatoms. The van der Waals surface area contributed by atoms with Gasteiger partial charge in [-0.25, -0.2) is 9.78 Å². The summed E-state index contributed by atoms with van der Waals surface area (Å²) >= 11 is 1.56. The molecule has 3 rings (SSSR count). The fourth-order valence-corrected chi connectivity index (χ4v) is 3.22. The van der Waals surface area contributed by atoms with Gasteiger partial charge in [0.1, 0.15) is 5.01 Å². The fraction of sp³-hybridized carbons (Fsp3) is 0.353. The van der Waals surface area contributed by atoms with Gasteiger partial charge < -0.3 is 16.0 Å². The van der Waals surface area contributed by atoms with Gasteiger partial charge >= 0.3 is 6.03 Å². The summed E-state index contributed by atoms with van der Waals surface area (Å²) in [7, 11) is 0. The molecule has 0 aliphatic heterocycles. The van der Waals surface area contributed by atoms with Gasteiger partial charge in [0, 0.05) is 30.2 Å². The second-order valence-electron chi connectivity index (χ2n) is 5.71. The van der Waals surface area contributed by atoms with E-state index in [4.69, 9.17) is 0 Å². The molecular weight excluding hydrogens is 324 g/mol. The molecule has 1 atom stereocenters. The van der Waals surface area contributed by atoms with Gasteiger partial charge in [0.2, 0.25) is 0 Å². The third-order valence-electron chi connectivity index (χ3n) is 3.83. The average molecular weight is 344 g/mol. The Balaban J connectivity index is 1.39. The second-order valence-corrected chi connectivity index (χ2v) is 6.63. The maximum absolute atomic E-state index is 12.0. The zero-order valence-corrected chi connectivity index (χ0v) is 14.0. The lowest BCUT2D eigenvalue weighted by molar-refractivity contribution is 0.0954. The maximum atomic E-state index is 12.0. The van der Waals surface area contributed by atoms with E-state index in [2.05, 4.69) is 20.9 Å². The maximum Gasteiger partial charge on any atom is 0.315 e. The highest BCUT2D eigenvalue weighted by Gasteiger charge is 2.34. The molecular formula is C17H20N4O2S. The van der Waals surface area contributed by atoms with E-state index < -0.39 is 0 Å². The molecule has 0 bridgehead atoms. The Kier molecular flexibility index (Phi) is 5.43. The molecule has 1 heterocycles. The van der Waals surface area contributed by atoms with Gasteiger partial charge in [-0.3, -0.25) is 4.79 Å². The van der Waals surface area contributed by atoms with E-state index in [-0.39, 0.29) is 18.0 Å². The van der Waals surface area contributed by atoms with Crippen molar-refractivity contribution in [2.75, 3.05) is 13.1 Å². The number of carbonyl (C=O) groups is 2. The van der Waals surface area contributed by atoms with Crippen molar-refractivity contribution in [3.8, 4) is 0 Å². The van der Waals surface area contributed by atoms with E-state index in [1.165, 1.54) is 0 Å². The third-order valence-corrected chi connectivity index (χ3v) is 4.69. The van der Waals surface area contributed by atoms with Crippen molar-refractivity contribution in [1.82, 2.24) is 20.9 Å². The van der Waals surface area contributed by atoms with Gasteiger partial charge in [-0.1, -0.05) is 18.2 Å². The number of urea groups is 1. The Labute approximate surface area is 144 Å². The Morgan fingerprint density at radius 2 is 1.92 bits per heavy atom. The first-order valence-corrected chi connectivity index (χ1v) is 8.89. The average Bonchev–Trinajstić information content (AvgIpc) is 3.31. The van der Waals surface area contributed by atoms with E-state index >= 15 is 0 Å². The minimum atomic E-state index is -0.226. The standard InChI is InChI=1S/C17H20N4O2S/c22-15(13-4-2-1-3-5-13)18-8-9-20-17(23)21-14(12-6-7-12)16-19-10-11-24-16/h1-5,10-12,14H,6-9H2,(H,18,22)(H2,20,21,23). The summed E-state index contributed by atoms with van der Waals surface area (Å²) in [5.74, 6) is 0.344. The van der Waals surface area contributed by atoms with Crippen LogP contribution >= 0.6 is 11.3 Å². The number of hydrogen-bond donors (Lipinski definition) is 3. The highest BCUT2D eigenvalue weighted by molar-refractivity contribution is 7.09. The Hall–Kier alpha value is -2.41. The molecule has 0 saturated heterocycles. The molecule has 1 aliphatic carbocycles. The quantitative estimate of drug-likeness (QED) is 0.674. The summed E-state index contributed by atoms with van der Waals surface area (Å²) < 4.78 is 0. The largest absolute Gasteiger partial charge is 0.350 e. The highest BCUT2D eigenvalue weighted by atomic mass is 32.1. The van der Waals surface area contributed by atoms with Crippen molar-refractivity contribution >= 4 is 23.3 Å². The predicted octanol–water partition coefficient (Wildman–Crippen LogP) is 2.32. The summed E-state index contributed by atoms with van der Waals surface area (Å²) in [4.78, 5) is 28.2. The molecule has 3 amide bonds. The van der Waals surface area contributed by atoms with Crippen LogP contribution in [-0.4, -0.2) is 30.0 Å². The smallest absolute Gasteiger partial charge is 0.315 e. The van der Waals surface area contributed by atoms with Crippen LogP contribution in [0.2, 0.25) is 0 Å². The molecule has 1 saturated carbocycles. The molecule has 126 valence electrons. The minimum absolute atomic E-state index is 0.0103. The first kappa shape index (κ1) is 16.4. The Morgan fingerprint density at radius 3 is 2.58 bits per heavy atom. The molecule has 6 nitrogen and oxygen atoms in total. The summed E-state index contributed by atoms with van der Waals surface area (Å²) in [6.07, 6.45) is 4.00. The number of nitrogens with zero attached hydrogens (tertiary/aromatic N) is 1. The third kappa shape index (κ3) is 4.55. The van der Waals surface area contributed by atoms with Crippen molar-refractivity contribution in [3.63, 3.8) is 0 Å². The first-order valence-electron chi connectivity index (χ1n) is 8.01. The number of thiazole rings is 1. The summed E-state index contributed by atoms with van der Waals surface area (Å²) in [5, 5.41) is 11.4. The van der Waals surface area contributed by atoms with Gasteiger partial charge in [0.25, 0.3) is 5.91 Å². The number of amides is 3. The van der Waals surface area contributed by atoms with Crippen LogP contribution < -0.4 is 16.0 Å². The summed E-state index contributed by atoms with van der Waals surface area (Å²) in [6.45, 7) is 0.756. The van der Waals surface area contributed by atoms with Crippen LogP contribution in [0.5, 0.6) is 0 Å². The molecule has 1 aliphatic rings. The molecule has 0 spiro atoms. The fourth-order valence-electron chi connectivity index (χ4n) is 2.43. The highest BCUT2D eigenvalue weighted by Crippen LogP contribution is 2.41. The van der Waals surface area contributed by atoms with Crippen LogP contribution in [0.4, 0.5) is 4.79 Å². The van der Waals surface area contributed by atoms with E-state index in [9.17, 15) is 9.59 Å². The topological polar surface area (TPSA) is 83.1 Å². The van der Waals surface area contributed by atoms with Crippen LogP contribution in [0.1, 0.15) is 34.2 Å². The van der Waals surface area contributed by atoms with Crippen molar-refractivity contribution in [2.45, 2.75) is 18.9 Å².